The predicted octanol–water partition coefficient (Wildman–Crippen LogP) is -0.272. The number of hydrogen-bond donors (Lipinski definition) is 0. The maximum absolute atomic E-state index is 4.09. The van der Waals surface area contributed by atoms with Crippen LogP contribution in [0.15, 0.2) is 12.7 Å². The molecule has 0 aliphatic heterocycles. The van der Waals surface area contributed by atoms with Crippen LogP contribution >= 0.6 is 0 Å². The smallest absolute Gasteiger partial charge is 1.00 e. The zero-order valence-corrected chi connectivity index (χ0v) is 11.9. The van der Waals surface area contributed by atoms with Crippen LogP contribution in [0.4, 0.5) is 0 Å². The first-order chi connectivity index (χ1) is 3.98. The maximum Gasteiger partial charge on any atom is 2.00 e. The Bertz CT molecular complexity index is 98.8. The van der Waals surface area contributed by atoms with E-state index in [1.54, 1.807) is 0 Å². The number of hydrogen-bond acceptors (Lipinski definition) is 0. The quantitative estimate of drug-likeness (QED) is 0.365. The van der Waals surface area contributed by atoms with E-state index in [1.807, 2.05) is 6.08 Å². The third-order valence-electron chi connectivity index (χ3n) is 1.68. The second-order valence-corrected chi connectivity index (χ2v) is 9.14. The van der Waals surface area contributed by atoms with Gasteiger partial charge in [0.1, 0.15) is 0 Å². The zero-order valence-electron chi connectivity index (χ0n) is 7.86. The first-order valence-electron chi connectivity index (χ1n) is 3.42. The standard InChI is InChI=1S/C8H17Si.BrH.Mg/c1-6-7-8(2)9(3,4)5;;/h6,8H,1-2,7H2,3-5H3;1H;/q-1;;+2/p-1. The molecule has 0 N–H and O–H groups in total. The molecule has 1 unspecified atom stereocenters. The van der Waals surface area contributed by atoms with Crippen LogP contribution in [0, 0.1) is 6.92 Å². The molecule has 0 aromatic rings. The number of halogens is 1. The van der Waals surface area contributed by atoms with Crippen molar-refractivity contribution in [2.75, 3.05) is 0 Å². The van der Waals surface area contributed by atoms with Crippen LogP contribution in [-0.4, -0.2) is 31.1 Å². The second kappa shape index (κ2) is 7.83. The molecule has 0 amide bonds. The van der Waals surface area contributed by atoms with E-state index in [4.69, 9.17) is 0 Å². The molecule has 0 nitrogen and oxygen atoms in total. The predicted molar refractivity (Wildman–Crippen MR) is 53.0 cm³/mol. The Morgan fingerprint density at radius 1 is 1.45 bits per heavy atom. The minimum absolute atomic E-state index is 0. The van der Waals surface area contributed by atoms with Gasteiger partial charge < -0.3 is 23.9 Å². The summed E-state index contributed by atoms with van der Waals surface area (Å²) >= 11 is 0. The van der Waals surface area contributed by atoms with Gasteiger partial charge in [0.2, 0.25) is 0 Å². The van der Waals surface area contributed by atoms with E-state index < -0.39 is 8.07 Å². The van der Waals surface area contributed by atoms with Crippen LogP contribution in [0.3, 0.4) is 0 Å². The molecule has 0 aromatic heterocycles. The molecule has 1 atom stereocenters. The van der Waals surface area contributed by atoms with Crippen molar-refractivity contribution in [2.45, 2.75) is 31.6 Å². The normalized spacial score (nSPS) is 12.4. The Hall–Kier alpha value is 1.20. The first kappa shape index (κ1) is 18.1. The van der Waals surface area contributed by atoms with Gasteiger partial charge in [0.15, 0.2) is 0 Å². The van der Waals surface area contributed by atoms with Gasteiger partial charge in [-0.3, -0.25) is 0 Å². The van der Waals surface area contributed by atoms with Gasteiger partial charge in [0.05, 0.1) is 0 Å². The fourth-order valence-electron chi connectivity index (χ4n) is 0.555. The van der Waals surface area contributed by atoms with Gasteiger partial charge >= 0.3 is 23.1 Å². The van der Waals surface area contributed by atoms with Crippen molar-refractivity contribution in [3.63, 3.8) is 0 Å². The molecule has 3 heteroatoms. The van der Waals surface area contributed by atoms with Crippen LogP contribution < -0.4 is 17.0 Å². The third kappa shape index (κ3) is 9.11. The molecule has 0 aliphatic rings. The molecule has 0 radical (unpaired) electrons. The van der Waals surface area contributed by atoms with Gasteiger partial charge in [-0.2, -0.15) is 5.54 Å². The monoisotopic (exact) mass is 244 g/mol. The van der Waals surface area contributed by atoms with Gasteiger partial charge in [0.25, 0.3) is 0 Å². The SMILES string of the molecule is C=CCC([CH2-])[Si](C)(C)C.[Br-].[Mg+2]. The molecule has 0 saturated heterocycles. The average Bonchev–Trinajstić information content (AvgIpc) is 1.64. The van der Waals surface area contributed by atoms with Gasteiger partial charge in [-0.1, -0.05) is 32.1 Å². The molecule has 0 bridgehead atoms. The Kier molecular flexibility index (Phi) is 12.9. The average molecular weight is 246 g/mol. The van der Waals surface area contributed by atoms with Gasteiger partial charge in [0, 0.05) is 8.07 Å². The van der Waals surface area contributed by atoms with E-state index in [2.05, 4.69) is 33.1 Å². The van der Waals surface area contributed by atoms with E-state index in [-0.39, 0.29) is 40.0 Å². The van der Waals surface area contributed by atoms with E-state index in [0.717, 1.165) is 6.42 Å². The summed E-state index contributed by atoms with van der Waals surface area (Å²) in [6.45, 7) is 14.8. The third-order valence-corrected chi connectivity index (χ3v) is 4.36. The fourth-order valence-corrected chi connectivity index (χ4v) is 1.43. The van der Waals surface area contributed by atoms with Crippen LogP contribution in [-0.2, 0) is 0 Å². The summed E-state index contributed by atoms with van der Waals surface area (Å²) in [5.74, 6) is 0. The molecular weight excluding hydrogens is 228 g/mol. The minimum Gasteiger partial charge on any atom is -1.00 e. The Morgan fingerprint density at radius 3 is 1.91 bits per heavy atom. The molecule has 0 aliphatic carbocycles. The first-order valence-corrected chi connectivity index (χ1v) is 7.00. The van der Waals surface area contributed by atoms with E-state index in [1.165, 1.54) is 0 Å². The Balaban J connectivity index is -0.000000320. The van der Waals surface area contributed by atoms with Crippen LogP contribution in [0.25, 0.3) is 0 Å². The molecule has 11 heavy (non-hydrogen) atoms. The number of allylic oxidation sites excluding steroid dienone is 1. The Morgan fingerprint density at radius 2 is 1.82 bits per heavy atom. The number of rotatable bonds is 3. The summed E-state index contributed by atoms with van der Waals surface area (Å²) in [6.07, 6.45) is 3.05. The maximum atomic E-state index is 4.09. The van der Waals surface area contributed by atoms with Crippen molar-refractivity contribution >= 4 is 31.1 Å². The van der Waals surface area contributed by atoms with Crippen LogP contribution in [0.2, 0.25) is 25.2 Å². The zero-order chi connectivity index (χ0) is 7.49. The van der Waals surface area contributed by atoms with Crippen molar-refractivity contribution in [3.8, 4) is 0 Å². The molecule has 62 valence electrons. The van der Waals surface area contributed by atoms with E-state index >= 15 is 0 Å². The van der Waals surface area contributed by atoms with Crippen molar-refractivity contribution in [1.29, 1.82) is 0 Å². The van der Waals surface area contributed by atoms with Gasteiger partial charge in [-0.05, 0) is 0 Å². The molecule has 0 rings (SSSR count). The van der Waals surface area contributed by atoms with E-state index in [0.29, 0.717) is 5.54 Å². The second-order valence-electron chi connectivity index (χ2n) is 3.59. The van der Waals surface area contributed by atoms with Gasteiger partial charge in [-0.25, -0.2) is 0 Å². The summed E-state index contributed by atoms with van der Waals surface area (Å²) in [5.41, 5.74) is 0.634. The van der Waals surface area contributed by atoms with Crippen molar-refractivity contribution in [2.24, 2.45) is 0 Å². The topological polar surface area (TPSA) is 0 Å². The molecular formula is C8H17BrMgSi. The minimum atomic E-state index is -0.964. The molecule has 0 aromatic carbocycles. The molecule has 0 heterocycles. The molecule has 0 fully saturated rings. The van der Waals surface area contributed by atoms with Crippen molar-refractivity contribution in [3.05, 3.63) is 19.6 Å². The van der Waals surface area contributed by atoms with Crippen molar-refractivity contribution in [1.82, 2.24) is 0 Å². The molecule has 0 saturated carbocycles. The Labute approximate surface area is 98.8 Å². The van der Waals surface area contributed by atoms with Crippen LogP contribution in [0.1, 0.15) is 6.42 Å². The summed E-state index contributed by atoms with van der Waals surface area (Å²) in [7, 11) is -0.964. The summed E-state index contributed by atoms with van der Waals surface area (Å²) in [6, 6.07) is 0. The summed E-state index contributed by atoms with van der Waals surface area (Å²) < 4.78 is 0. The molecule has 0 spiro atoms. The van der Waals surface area contributed by atoms with E-state index in [9.17, 15) is 0 Å². The van der Waals surface area contributed by atoms with Crippen LogP contribution in [0.5, 0.6) is 0 Å². The summed E-state index contributed by atoms with van der Waals surface area (Å²) in [5, 5.41) is 0. The fraction of sp³-hybridized carbons (Fsp3) is 0.625. The largest absolute Gasteiger partial charge is 2.00 e. The van der Waals surface area contributed by atoms with Crippen molar-refractivity contribution < 1.29 is 17.0 Å². The summed E-state index contributed by atoms with van der Waals surface area (Å²) in [4.78, 5) is 0. The van der Waals surface area contributed by atoms with Gasteiger partial charge in [-0.15, -0.1) is 6.58 Å².